The Balaban J connectivity index is 0.00000176. The van der Waals surface area contributed by atoms with Crippen LogP contribution in [0.2, 0.25) is 0 Å². The SMILES string of the molecule is CC(=O)c1sc(NN=C2CC3CC2C(C)C3(C)C)nc1C.[Br-]. The molecule has 2 saturated carbocycles. The van der Waals surface area contributed by atoms with Crippen LogP contribution in [0.5, 0.6) is 0 Å². The Morgan fingerprint density at radius 3 is 2.64 bits per heavy atom. The fourth-order valence-corrected chi connectivity index (χ4v) is 4.70. The number of nitrogens with zero attached hydrogens (tertiary/aromatic N) is 2. The van der Waals surface area contributed by atoms with E-state index in [0.29, 0.717) is 17.3 Å². The molecule has 22 heavy (non-hydrogen) atoms. The third-order valence-corrected chi connectivity index (χ3v) is 6.83. The molecule has 2 aliphatic rings. The van der Waals surface area contributed by atoms with Crippen LogP contribution in [0.1, 0.15) is 55.9 Å². The van der Waals surface area contributed by atoms with Crippen LogP contribution in [0.15, 0.2) is 5.10 Å². The summed E-state index contributed by atoms with van der Waals surface area (Å²) in [6.45, 7) is 10.6. The first-order valence-corrected chi connectivity index (χ1v) is 8.43. The van der Waals surface area contributed by atoms with Gasteiger partial charge in [0, 0.05) is 18.6 Å². The lowest BCUT2D eigenvalue weighted by Gasteiger charge is -2.36. The van der Waals surface area contributed by atoms with Crippen LogP contribution in [0.4, 0.5) is 5.13 Å². The number of carbonyl (C=O) groups is 1. The Morgan fingerprint density at radius 2 is 2.14 bits per heavy atom. The first kappa shape index (κ1) is 17.6. The number of anilines is 1. The second-order valence-corrected chi connectivity index (χ2v) is 8.06. The summed E-state index contributed by atoms with van der Waals surface area (Å²) in [6, 6.07) is 0. The van der Waals surface area contributed by atoms with Crippen LogP contribution >= 0.6 is 11.3 Å². The predicted octanol–water partition coefficient (Wildman–Crippen LogP) is 1.13. The first-order chi connectivity index (χ1) is 9.80. The standard InChI is InChI=1S/C16H23N3OS.BrH/c1-8-12-6-11(16(8,4)5)7-13(12)18-19-15-17-9(2)14(21-15)10(3)20;/h8,11-12H,6-7H2,1-5H3,(H,17,19);1H/p-1. The molecule has 0 saturated heterocycles. The van der Waals surface area contributed by atoms with E-state index in [4.69, 9.17) is 0 Å². The summed E-state index contributed by atoms with van der Waals surface area (Å²) in [6.07, 6.45) is 2.36. The van der Waals surface area contributed by atoms with Gasteiger partial charge in [0.15, 0.2) is 5.78 Å². The third-order valence-electron chi connectivity index (χ3n) is 5.66. The molecule has 1 aromatic heterocycles. The van der Waals surface area contributed by atoms with Crippen molar-refractivity contribution >= 4 is 28.0 Å². The molecule has 1 N–H and O–H groups in total. The molecule has 3 rings (SSSR count). The first-order valence-electron chi connectivity index (χ1n) is 7.61. The monoisotopic (exact) mass is 384 g/mol. The summed E-state index contributed by atoms with van der Waals surface area (Å²) in [5.41, 5.74) is 5.58. The lowest BCUT2D eigenvalue weighted by Crippen LogP contribution is -3.00. The number of halogens is 1. The average Bonchev–Trinajstić information content (AvgIpc) is 3.03. The minimum Gasteiger partial charge on any atom is -1.00 e. The second kappa shape index (κ2) is 6.04. The molecule has 0 spiro atoms. The van der Waals surface area contributed by atoms with E-state index in [1.807, 2.05) is 6.92 Å². The van der Waals surface area contributed by atoms with Crippen LogP contribution in [0.3, 0.4) is 0 Å². The number of rotatable bonds is 3. The number of hydrogen-bond acceptors (Lipinski definition) is 5. The van der Waals surface area contributed by atoms with Gasteiger partial charge in [0.2, 0.25) is 5.13 Å². The number of hydrogen-bond donors (Lipinski definition) is 1. The fourth-order valence-electron chi connectivity index (χ4n) is 3.90. The van der Waals surface area contributed by atoms with E-state index < -0.39 is 0 Å². The zero-order valence-electron chi connectivity index (χ0n) is 13.7. The van der Waals surface area contributed by atoms with Gasteiger partial charge in [-0.25, -0.2) is 4.98 Å². The molecule has 1 heterocycles. The normalized spacial score (nSPS) is 30.4. The molecule has 1 aromatic rings. The Bertz CT molecular complexity index is 619. The van der Waals surface area contributed by atoms with Crippen molar-refractivity contribution in [2.24, 2.45) is 28.3 Å². The number of thiazole rings is 1. The number of ketones is 1. The molecular formula is C16H23BrN3OS-. The summed E-state index contributed by atoms with van der Waals surface area (Å²) < 4.78 is 0. The van der Waals surface area contributed by atoms with Crippen molar-refractivity contribution in [3.63, 3.8) is 0 Å². The molecule has 2 fully saturated rings. The van der Waals surface area contributed by atoms with Crippen LogP contribution in [-0.2, 0) is 0 Å². The molecule has 4 nitrogen and oxygen atoms in total. The lowest BCUT2D eigenvalue weighted by molar-refractivity contribution is -0.0000130. The van der Waals surface area contributed by atoms with E-state index in [-0.39, 0.29) is 22.8 Å². The largest absolute Gasteiger partial charge is 1.00 e. The highest BCUT2D eigenvalue weighted by Gasteiger charge is 2.53. The maximum absolute atomic E-state index is 11.5. The molecule has 2 aliphatic carbocycles. The van der Waals surface area contributed by atoms with E-state index >= 15 is 0 Å². The van der Waals surface area contributed by atoms with Crippen LogP contribution in [0, 0.1) is 30.1 Å². The van der Waals surface area contributed by atoms with E-state index in [0.717, 1.165) is 28.0 Å². The minimum atomic E-state index is 0. The third kappa shape index (κ3) is 2.75. The molecule has 0 aromatic carbocycles. The quantitative estimate of drug-likeness (QED) is 0.627. The van der Waals surface area contributed by atoms with Gasteiger partial charge < -0.3 is 17.0 Å². The van der Waals surface area contributed by atoms with Crippen LogP contribution < -0.4 is 22.4 Å². The van der Waals surface area contributed by atoms with Gasteiger partial charge >= 0.3 is 0 Å². The summed E-state index contributed by atoms with van der Waals surface area (Å²) in [5.74, 6) is 2.11. The molecule has 3 unspecified atom stereocenters. The lowest BCUT2D eigenvalue weighted by atomic mass is 9.69. The van der Waals surface area contributed by atoms with Crippen molar-refractivity contribution < 1.29 is 21.8 Å². The van der Waals surface area contributed by atoms with Crippen molar-refractivity contribution in [2.75, 3.05) is 5.43 Å². The summed E-state index contributed by atoms with van der Waals surface area (Å²) >= 11 is 1.39. The highest BCUT2D eigenvalue weighted by molar-refractivity contribution is 7.17. The molecule has 0 amide bonds. The van der Waals surface area contributed by atoms with Crippen molar-refractivity contribution in [3.05, 3.63) is 10.6 Å². The molecular weight excluding hydrogens is 362 g/mol. The van der Waals surface area contributed by atoms with Crippen molar-refractivity contribution in [2.45, 2.75) is 47.5 Å². The van der Waals surface area contributed by atoms with Gasteiger partial charge in [-0.15, -0.1) is 0 Å². The zero-order chi connectivity index (χ0) is 15.4. The number of carbonyl (C=O) groups excluding carboxylic acids is 1. The number of Topliss-reactive ketones (excluding diaryl/α,β-unsaturated/α-hetero) is 1. The summed E-state index contributed by atoms with van der Waals surface area (Å²) in [4.78, 5) is 16.6. The average molecular weight is 385 g/mol. The highest BCUT2D eigenvalue weighted by atomic mass is 79.9. The number of fused-ring (bicyclic) bond motifs is 2. The molecule has 2 bridgehead atoms. The smallest absolute Gasteiger partial charge is 0.204 e. The van der Waals surface area contributed by atoms with E-state index in [2.05, 4.69) is 36.3 Å². The predicted molar refractivity (Wildman–Crippen MR) is 87.1 cm³/mol. The van der Waals surface area contributed by atoms with Gasteiger partial charge in [-0.05, 0) is 37.0 Å². The molecule has 3 atom stereocenters. The van der Waals surface area contributed by atoms with Gasteiger partial charge in [-0.3, -0.25) is 10.2 Å². The number of aryl methyl sites for hydroxylation is 1. The Labute approximate surface area is 146 Å². The van der Waals surface area contributed by atoms with Crippen molar-refractivity contribution in [1.29, 1.82) is 0 Å². The zero-order valence-corrected chi connectivity index (χ0v) is 16.1. The van der Waals surface area contributed by atoms with Crippen LogP contribution in [-0.4, -0.2) is 16.5 Å². The van der Waals surface area contributed by atoms with Gasteiger partial charge in [-0.2, -0.15) is 5.10 Å². The maximum Gasteiger partial charge on any atom is 0.204 e. The Morgan fingerprint density at radius 1 is 1.45 bits per heavy atom. The van der Waals surface area contributed by atoms with Crippen molar-refractivity contribution in [1.82, 2.24) is 4.98 Å². The maximum atomic E-state index is 11.5. The van der Waals surface area contributed by atoms with E-state index in [9.17, 15) is 4.79 Å². The van der Waals surface area contributed by atoms with E-state index in [1.165, 1.54) is 23.5 Å². The molecule has 122 valence electrons. The van der Waals surface area contributed by atoms with Gasteiger partial charge in [0.25, 0.3) is 0 Å². The molecule has 0 radical (unpaired) electrons. The Hall–Kier alpha value is -0.750. The Kier molecular flexibility index (Phi) is 4.83. The topological polar surface area (TPSA) is 54.4 Å². The summed E-state index contributed by atoms with van der Waals surface area (Å²) in [5, 5.41) is 5.33. The van der Waals surface area contributed by atoms with Crippen LogP contribution in [0.25, 0.3) is 0 Å². The van der Waals surface area contributed by atoms with Gasteiger partial charge in [-0.1, -0.05) is 32.1 Å². The summed E-state index contributed by atoms with van der Waals surface area (Å²) in [7, 11) is 0. The van der Waals surface area contributed by atoms with Gasteiger partial charge in [0.05, 0.1) is 10.6 Å². The number of hydrazone groups is 1. The fraction of sp³-hybridized carbons (Fsp3) is 0.688. The number of aromatic nitrogens is 1. The minimum absolute atomic E-state index is 0. The molecule has 0 aliphatic heterocycles. The second-order valence-electron chi connectivity index (χ2n) is 7.06. The number of nitrogens with one attached hydrogen (secondary N) is 1. The van der Waals surface area contributed by atoms with E-state index in [1.54, 1.807) is 6.92 Å². The van der Waals surface area contributed by atoms with Crippen molar-refractivity contribution in [3.8, 4) is 0 Å². The molecule has 6 heteroatoms. The highest BCUT2D eigenvalue weighted by Crippen LogP contribution is 2.57. The van der Waals surface area contributed by atoms with Gasteiger partial charge in [0.1, 0.15) is 0 Å².